The number of nitrogens with one attached hydrogen (secondary N) is 3. The van der Waals surface area contributed by atoms with Gasteiger partial charge in [-0.3, -0.25) is 19.2 Å². The van der Waals surface area contributed by atoms with Crippen LogP contribution in [0.15, 0.2) is 30.3 Å². The Hall–Kier alpha value is -3.68. The molecule has 0 aromatic heterocycles. The van der Waals surface area contributed by atoms with Crippen LogP contribution in [0.1, 0.15) is 45.1 Å². The van der Waals surface area contributed by atoms with E-state index in [-0.39, 0.29) is 13.0 Å². The van der Waals surface area contributed by atoms with Crippen molar-refractivity contribution in [3.8, 4) is 0 Å². The van der Waals surface area contributed by atoms with Gasteiger partial charge in [-0.2, -0.15) is 13.2 Å². The minimum atomic E-state index is -4.69. The highest BCUT2D eigenvalue weighted by Gasteiger charge is 2.31. The van der Waals surface area contributed by atoms with Gasteiger partial charge < -0.3 is 30.5 Å². The Kier molecular flexibility index (Phi) is 13.8. The summed E-state index contributed by atoms with van der Waals surface area (Å²) >= 11 is 0. The quantitative estimate of drug-likeness (QED) is 0.245. The molecule has 0 aliphatic heterocycles. The number of carbonyl (C=O) groups is 5. The zero-order chi connectivity index (χ0) is 28.7. The smallest absolute Gasteiger partial charge is 0.411 e. The average Bonchev–Trinajstić information content (AvgIpc) is 2.84. The SMILES string of the molecule is CCCC[C@H](NC(=O)OCc1ccccc1)C(=O)N[C@@H](C)C(=O)N[C@@H](CC(=O)O)C(=O)COCC(F)(F)F. The minimum Gasteiger partial charge on any atom is -0.481 e. The largest absolute Gasteiger partial charge is 0.481 e. The zero-order valence-corrected chi connectivity index (χ0v) is 21.0. The van der Waals surface area contributed by atoms with Crippen LogP contribution >= 0.6 is 0 Å². The van der Waals surface area contributed by atoms with E-state index in [9.17, 15) is 37.1 Å². The Labute approximate surface area is 217 Å². The van der Waals surface area contributed by atoms with Crippen LogP contribution in [-0.4, -0.2) is 72.3 Å². The summed E-state index contributed by atoms with van der Waals surface area (Å²) in [5, 5.41) is 15.9. The van der Waals surface area contributed by atoms with Crippen LogP contribution in [0.25, 0.3) is 0 Å². The van der Waals surface area contributed by atoms with Crippen molar-refractivity contribution in [1.29, 1.82) is 0 Å². The molecule has 1 aromatic carbocycles. The fraction of sp³-hybridized carbons (Fsp3) is 0.542. The number of ketones is 1. The molecule has 14 heteroatoms. The number of unbranched alkanes of at least 4 members (excludes halogenated alkanes) is 1. The van der Waals surface area contributed by atoms with Gasteiger partial charge in [-0.25, -0.2) is 4.79 Å². The first-order chi connectivity index (χ1) is 17.8. The number of carboxylic acids is 1. The summed E-state index contributed by atoms with van der Waals surface area (Å²) in [6.07, 6.45) is -4.96. The molecule has 0 bridgehead atoms. The second kappa shape index (κ2) is 16.2. The summed E-state index contributed by atoms with van der Waals surface area (Å²) in [4.78, 5) is 60.7. The molecule has 0 saturated heterocycles. The molecule has 11 nitrogen and oxygen atoms in total. The Morgan fingerprint density at radius 1 is 0.974 bits per heavy atom. The number of amides is 3. The Balaban J connectivity index is 2.72. The fourth-order valence-corrected chi connectivity index (χ4v) is 3.05. The first-order valence-electron chi connectivity index (χ1n) is 11.8. The van der Waals surface area contributed by atoms with Crippen molar-refractivity contribution in [2.24, 2.45) is 0 Å². The summed E-state index contributed by atoms with van der Waals surface area (Å²) < 4.78 is 46.0. The van der Waals surface area contributed by atoms with Gasteiger partial charge in [0.15, 0.2) is 5.78 Å². The molecule has 0 fully saturated rings. The van der Waals surface area contributed by atoms with Crippen LogP contribution in [0.4, 0.5) is 18.0 Å². The van der Waals surface area contributed by atoms with Gasteiger partial charge in [0.1, 0.15) is 37.9 Å². The van der Waals surface area contributed by atoms with E-state index in [1.54, 1.807) is 30.3 Å². The highest BCUT2D eigenvalue weighted by atomic mass is 19.4. The maximum Gasteiger partial charge on any atom is 0.411 e. The number of halogens is 3. The number of aliphatic carboxylic acids is 1. The van der Waals surface area contributed by atoms with E-state index < -0.39 is 73.6 Å². The molecule has 0 aliphatic carbocycles. The third kappa shape index (κ3) is 13.6. The normalized spacial score (nSPS) is 13.5. The fourth-order valence-electron chi connectivity index (χ4n) is 3.05. The Morgan fingerprint density at radius 3 is 2.21 bits per heavy atom. The monoisotopic (exact) mass is 547 g/mol. The molecule has 212 valence electrons. The van der Waals surface area contributed by atoms with Crippen molar-refractivity contribution in [3.05, 3.63) is 35.9 Å². The molecular formula is C24H32F3N3O8. The van der Waals surface area contributed by atoms with Crippen LogP contribution in [0.3, 0.4) is 0 Å². The Morgan fingerprint density at radius 2 is 1.63 bits per heavy atom. The lowest BCUT2D eigenvalue weighted by molar-refractivity contribution is -0.176. The topological polar surface area (TPSA) is 160 Å². The molecule has 3 amide bonds. The molecule has 1 rings (SSSR count). The van der Waals surface area contributed by atoms with Crippen LogP contribution in [0, 0.1) is 0 Å². The molecule has 0 radical (unpaired) electrons. The van der Waals surface area contributed by atoms with E-state index in [4.69, 9.17) is 9.84 Å². The lowest BCUT2D eigenvalue weighted by atomic mass is 10.1. The highest BCUT2D eigenvalue weighted by Crippen LogP contribution is 2.14. The summed E-state index contributed by atoms with van der Waals surface area (Å²) in [7, 11) is 0. The lowest BCUT2D eigenvalue weighted by Crippen LogP contribution is -2.55. The number of alkyl halides is 3. The number of benzene rings is 1. The zero-order valence-electron chi connectivity index (χ0n) is 21.0. The molecular weight excluding hydrogens is 515 g/mol. The number of carbonyl (C=O) groups excluding carboxylic acids is 4. The van der Waals surface area contributed by atoms with Gasteiger partial charge in [-0.15, -0.1) is 0 Å². The van der Waals surface area contributed by atoms with Crippen molar-refractivity contribution in [2.45, 2.75) is 70.4 Å². The molecule has 0 unspecified atom stereocenters. The number of carboxylic acid groups (broad SMARTS) is 1. The Bertz CT molecular complexity index is 944. The molecule has 4 N–H and O–H groups in total. The van der Waals surface area contributed by atoms with Crippen molar-refractivity contribution in [1.82, 2.24) is 16.0 Å². The predicted octanol–water partition coefficient (Wildman–Crippen LogP) is 2.08. The lowest BCUT2D eigenvalue weighted by Gasteiger charge is -2.23. The molecule has 38 heavy (non-hydrogen) atoms. The number of rotatable bonds is 16. The van der Waals surface area contributed by atoms with Crippen LogP contribution < -0.4 is 16.0 Å². The average molecular weight is 548 g/mol. The number of hydrogen-bond donors (Lipinski definition) is 4. The molecule has 0 spiro atoms. The van der Waals surface area contributed by atoms with Gasteiger partial charge >= 0.3 is 18.2 Å². The van der Waals surface area contributed by atoms with E-state index in [1.807, 2.05) is 6.92 Å². The predicted molar refractivity (Wildman–Crippen MR) is 127 cm³/mol. The minimum absolute atomic E-state index is 0.0285. The molecule has 1 aromatic rings. The van der Waals surface area contributed by atoms with Crippen molar-refractivity contribution in [2.75, 3.05) is 13.2 Å². The summed E-state index contributed by atoms with van der Waals surface area (Å²) in [6, 6.07) is 4.81. The van der Waals surface area contributed by atoms with Crippen molar-refractivity contribution < 1.29 is 51.7 Å². The van der Waals surface area contributed by atoms with Crippen LogP contribution in [0.5, 0.6) is 0 Å². The van der Waals surface area contributed by atoms with E-state index >= 15 is 0 Å². The second-order valence-electron chi connectivity index (χ2n) is 8.36. The van der Waals surface area contributed by atoms with E-state index in [2.05, 4.69) is 20.7 Å². The summed E-state index contributed by atoms with van der Waals surface area (Å²) in [5.41, 5.74) is 0.733. The van der Waals surface area contributed by atoms with Gasteiger partial charge in [0, 0.05) is 0 Å². The maximum atomic E-state index is 12.8. The third-order valence-corrected chi connectivity index (χ3v) is 5.01. The maximum absolute atomic E-state index is 12.8. The van der Waals surface area contributed by atoms with Crippen molar-refractivity contribution in [3.63, 3.8) is 0 Å². The first kappa shape index (κ1) is 32.3. The standard InChI is InChI=1S/C24H32F3N3O8/c1-3-4-10-17(30-23(36)38-12-16-8-6-5-7-9-16)22(35)28-15(2)21(34)29-18(11-20(32)33)19(31)13-37-14-24(25,26)27/h5-9,15,17-18H,3-4,10-14H2,1-2H3,(H,28,35)(H,29,34)(H,30,36)(H,32,33)/t15-,17-,18-/m0/s1. The molecule has 0 heterocycles. The van der Waals surface area contributed by atoms with E-state index in [0.29, 0.717) is 12.8 Å². The van der Waals surface area contributed by atoms with E-state index in [0.717, 1.165) is 5.56 Å². The van der Waals surface area contributed by atoms with Gasteiger partial charge in [0.25, 0.3) is 0 Å². The van der Waals surface area contributed by atoms with Crippen molar-refractivity contribution >= 4 is 29.7 Å². The highest BCUT2D eigenvalue weighted by molar-refractivity contribution is 5.95. The summed E-state index contributed by atoms with van der Waals surface area (Å²) in [5.74, 6) is -4.27. The van der Waals surface area contributed by atoms with Gasteiger partial charge in [-0.1, -0.05) is 50.1 Å². The first-order valence-corrected chi connectivity index (χ1v) is 11.8. The van der Waals surface area contributed by atoms with Gasteiger partial charge in [-0.05, 0) is 18.9 Å². The molecule has 3 atom stereocenters. The van der Waals surface area contributed by atoms with Crippen LogP contribution in [-0.2, 0) is 35.3 Å². The molecule has 0 saturated carbocycles. The van der Waals surface area contributed by atoms with Crippen LogP contribution in [0.2, 0.25) is 0 Å². The summed E-state index contributed by atoms with van der Waals surface area (Å²) in [6.45, 7) is 0.293. The second-order valence-corrected chi connectivity index (χ2v) is 8.36. The third-order valence-electron chi connectivity index (χ3n) is 5.01. The molecule has 0 aliphatic rings. The number of hydrogen-bond acceptors (Lipinski definition) is 7. The van der Waals surface area contributed by atoms with E-state index in [1.165, 1.54) is 6.92 Å². The number of ether oxygens (including phenoxy) is 2. The number of alkyl carbamates (subject to hydrolysis) is 1. The van der Waals surface area contributed by atoms with Gasteiger partial charge in [0.05, 0.1) is 6.42 Å². The van der Waals surface area contributed by atoms with Gasteiger partial charge in [0.2, 0.25) is 11.8 Å². The number of Topliss-reactive ketones (excluding diaryl/α,β-unsaturated/α-hetero) is 1.